The molecule has 1 aromatic carbocycles. The lowest BCUT2D eigenvalue weighted by molar-refractivity contribution is -0.155. The Morgan fingerprint density at radius 1 is 0.793 bits per heavy atom. The molecule has 5 heteroatoms. The van der Waals surface area contributed by atoms with Crippen molar-refractivity contribution in [2.24, 2.45) is 0 Å². The van der Waals surface area contributed by atoms with Gasteiger partial charge in [-0.3, -0.25) is 9.59 Å². The first-order valence-corrected chi connectivity index (χ1v) is 10.5. The number of phenols is 1. The summed E-state index contributed by atoms with van der Waals surface area (Å²) in [4.78, 5) is 22.7. The third kappa shape index (κ3) is 17.8. The molecule has 1 N–H and O–H groups in total. The fourth-order valence-electron chi connectivity index (χ4n) is 2.42. The zero-order valence-electron chi connectivity index (χ0n) is 19.3. The predicted octanol–water partition coefficient (Wildman–Crippen LogP) is 5.97. The van der Waals surface area contributed by atoms with Gasteiger partial charge in [-0.15, -0.1) is 0 Å². The molecule has 29 heavy (non-hydrogen) atoms. The largest absolute Gasteiger partial charge is 0.508 e. The van der Waals surface area contributed by atoms with E-state index in [4.69, 9.17) is 14.6 Å². The van der Waals surface area contributed by atoms with Crippen molar-refractivity contribution in [1.29, 1.82) is 0 Å². The molecule has 0 heterocycles. The summed E-state index contributed by atoms with van der Waals surface area (Å²) in [5.41, 5.74) is 0.0520. The van der Waals surface area contributed by atoms with Gasteiger partial charge in [-0.25, -0.2) is 0 Å². The maximum Gasteiger partial charge on any atom is 0.310 e. The molecule has 0 atom stereocenters. The Balaban J connectivity index is 0.000000543. The van der Waals surface area contributed by atoms with Gasteiger partial charge in [-0.2, -0.15) is 0 Å². The van der Waals surface area contributed by atoms with E-state index in [9.17, 15) is 9.59 Å². The summed E-state index contributed by atoms with van der Waals surface area (Å²) in [6, 6.07) is 6.53. The standard InChI is InChI=1S/C12H16O3.C12H24O2/c1-12(2,3)15-11(14)8-9-4-6-10(13)7-5-9;1-5-6-7-8-9-10-11(13)14-12(2,3)4/h4-7,13H,8H2,1-3H3;5-10H2,1-4H3. The average Bonchev–Trinajstić information content (AvgIpc) is 2.54. The van der Waals surface area contributed by atoms with Crippen LogP contribution in [0.3, 0.4) is 0 Å². The van der Waals surface area contributed by atoms with Crippen LogP contribution in [-0.2, 0) is 25.5 Å². The number of hydrogen-bond donors (Lipinski definition) is 1. The van der Waals surface area contributed by atoms with Crippen LogP contribution >= 0.6 is 0 Å². The minimum Gasteiger partial charge on any atom is -0.508 e. The summed E-state index contributed by atoms with van der Waals surface area (Å²) in [6.45, 7) is 13.4. The Kier molecular flexibility index (Phi) is 12.3. The smallest absolute Gasteiger partial charge is 0.310 e. The third-order valence-electron chi connectivity index (χ3n) is 3.61. The Labute approximate surface area is 176 Å². The first-order chi connectivity index (χ1) is 13.3. The van der Waals surface area contributed by atoms with Crippen molar-refractivity contribution < 1.29 is 24.2 Å². The molecule has 1 aromatic rings. The summed E-state index contributed by atoms with van der Waals surface area (Å²) in [6.07, 6.45) is 6.67. The van der Waals surface area contributed by atoms with Gasteiger partial charge in [0.15, 0.2) is 0 Å². The lowest BCUT2D eigenvalue weighted by atomic mass is 10.1. The lowest BCUT2D eigenvalue weighted by Gasteiger charge is -2.19. The van der Waals surface area contributed by atoms with Crippen LogP contribution in [0.25, 0.3) is 0 Å². The van der Waals surface area contributed by atoms with Gasteiger partial charge >= 0.3 is 11.9 Å². The van der Waals surface area contributed by atoms with Crippen molar-refractivity contribution in [2.75, 3.05) is 0 Å². The van der Waals surface area contributed by atoms with E-state index >= 15 is 0 Å². The number of rotatable bonds is 8. The normalized spacial score (nSPS) is 11.3. The van der Waals surface area contributed by atoms with Crippen LogP contribution in [-0.4, -0.2) is 28.2 Å². The summed E-state index contributed by atoms with van der Waals surface area (Å²) in [5.74, 6) is -0.120. The Bertz CT molecular complexity index is 591. The van der Waals surface area contributed by atoms with Crippen LogP contribution in [0.1, 0.15) is 92.6 Å². The number of benzene rings is 1. The van der Waals surface area contributed by atoms with E-state index in [1.807, 2.05) is 41.5 Å². The van der Waals surface area contributed by atoms with Crippen molar-refractivity contribution in [3.8, 4) is 5.75 Å². The molecule has 166 valence electrons. The number of phenolic OH excluding ortho intramolecular Hbond substituents is 1. The minimum absolute atomic E-state index is 0.0611. The highest BCUT2D eigenvalue weighted by Gasteiger charge is 2.16. The second-order valence-electron chi connectivity index (χ2n) is 9.18. The highest BCUT2D eigenvalue weighted by atomic mass is 16.6. The molecular weight excluding hydrogens is 368 g/mol. The van der Waals surface area contributed by atoms with Crippen LogP contribution in [0.5, 0.6) is 5.75 Å². The Hall–Kier alpha value is -2.04. The van der Waals surface area contributed by atoms with E-state index < -0.39 is 5.60 Å². The molecule has 0 spiro atoms. The van der Waals surface area contributed by atoms with Crippen LogP contribution in [0.15, 0.2) is 24.3 Å². The molecule has 0 fully saturated rings. The molecule has 0 unspecified atom stereocenters. The summed E-state index contributed by atoms with van der Waals surface area (Å²) < 4.78 is 10.4. The van der Waals surface area contributed by atoms with Gasteiger partial charge in [0.1, 0.15) is 17.0 Å². The first kappa shape index (κ1) is 27.0. The molecule has 0 aliphatic rings. The summed E-state index contributed by atoms with van der Waals surface area (Å²) in [7, 11) is 0. The van der Waals surface area contributed by atoms with Crippen molar-refractivity contribution in [1.82, 2.24) is 0 Å². The zero-order valence-corrected chi connectivity index (χ0v) is 19.3. The molecule has 5 nitrogen and oxygen atoms in total. The van der Waals surface area contributed by atoms with Crippen molar-refractivity contribution in [2.45, 2.75) is 105 Å². The van der Waals surface area contributed by atoms with Crippen molar-refractivity contribution >= 4 is 11.9 Å². The number of ether oxygens (including phenoxy) is 2. The van der Waals surface area contributed by atoms with Gasteiger partial charge in [0.25, 0.3) is 0 Å². The number of unbranched alkanes of at least 4 members (excludes halogenated alkanes) is 4. The van der Waals surface area contributed by atoms with Gasteiger partial charge in [-0.1, -0.05) is 44.7 Å². The molecular formula is C24H40O5. The molecule has 0 aromatic heterocycles. The maximum atomic E-state index is 11.4. The van der Waals surface area contributed by atoms with Crippen LogP contribution < -0.4 is 0 Å². The SMILES string of the molecule is CC(C)(C)OC(=O)Cc1ccc(O)cc1.CCCCCCCC(=O)OC(C)(C)C. The van der Waals surface area contributed by atoms with E-state index in [0.29, 0.717) is 6.42 Å². The van der Waals surface area contributed by atoms with Crippen LogP contribution in [0.4, 0.5) is 0 Å². The van der Waals surface area contributed by atoms with E-state index in [0.717, 1.165) is 18.4 Å². The fourth-order valence-corrected chi connectivity index (χ4v) is 2.42. The highest BCUT2D eigenvalue weighted by Crippen LogP contribution is 2.13. The van der Waals surface area contributed by atoms with Gasteiger partial charge < -0.3 is 14.6 Å². The molecule has 0 amide bonds. The van der Waals surface area contributed by atoms with E-state index in [-0.39, 0.29) is 29.7 Å². The number of carbonyl (C=O) groups excluding carboxylic acids is 2. The number of carbonyl (C=O) groups is 2. The molecule has 0 radical (unpaired) electrons. The number of hydrogen-bond acceptors (Lipinski definition) is 5. The molecule has 0 saturated heterocycles. The van der Waals surface area contributed by atoms with Crippen molar-refractivity contribution in [3.63, 3.8) is 0 Å². The van der Waals surface area contributed by atoms with Gasteiger partial charge in [0.05, 0.1) is 6.42 Å². The maximum absolute atomic E-state index is 11.4. The van der Waals surface area contributed by atoms with Crippen LogP contribution in [0.2, 0.25) is 0 Å². The fraction of sp³-hybridized carbons (Fsp3) is 0.667. The minimum atomic E-state index is -0.450. The van der Waals surface area contributed by atoms with E-state index in [2.05, 4.69) is 6.92 Å². The number of aromatic hydroxyl groups is 1. The van der Waals surface area contributed by atoms with Crippen LogP contribution in [0, 0.1) is 0 Å². The predicted molar refractivity (Wildman–Crippen MR) is 117 cm³/mol. The molecule has 0 saturated carbocycles. The van der Waals surface area contributed by atoms with Gasteiger partial charge in [0, 0.05) is 6.42 Å². The molecule has 0 aliphatic carbocycles. The zero-order chi connectivity index (χ0) is 22.5. The summed E-state index contributed by atoms with van der Waals surface area (Å²) in [5, 5.41) is 9.06. The second-order valence-corrected chi connectivity index (χ2v) is 9.18. The van der Waals surface area contributed by atoms with E-state index in [1.54, 1.807) is 24.3 Å². The highest BCUT2D eigenvalue weighted by molar-refractivity contribution is 5.73. The molecule has 0 bridgehead atoms. The average molecular weight is 409 g/mol. The number of esters is 2. The monoisotopic (exact) mass is 408 g/mol. The molecule has 0 aliphatic heterocycles. The van der Waals surface area contributed by atoms with Gasteiger partial charge in [-0.05, 0) is 65.7 Å². The molecule has 1 rings (SSSR count). The first-order valence-electron chi connectivity index (χ1n) is 10.5. The van der Waals surface area contributed by atoms with Crippen molar-refractivity contribution in [3.05, 3.63) is 29.8 Å². The lowest BCUT2D eigenvalue weighted by Crippen LogP contribution is -2.24. The van der Waals surface area contributed by atoms with E-state index in [1.165, 1.54) is 19.3 Å². The third-order valence-corrected chi connectivity index (χ3v) is 3.61. The second kappa shape index (κ2) is 13.2. The summed E-state index contributed by atoms with van der Waals surface area (Å²) >= 11 is 0. The Morgan fingerprint density at radius 2 is 1.28 bits per heavy atom. The Morgan fingerprint density at radius 3 is 1.76 bits per heavy atom. The van der Waals surface area contributed by atoms with Gasteiger partial charge in [0.2, 0.25) is 0 Å². The topological polar surface area (TPSA) is 72.8 Å². The quantitative estimate of drug-likeness (QED) is 0.424.